The first-order valence-corrected chi connectivity index (χ1v) is 12.0. The van der Waals surface area contributed by atoms with Gasteiger partial charge in [-0.05, 0) is 47.4 Å². The van der Waals surface area contributed by atoms with Crippen LogP contribution in [0.4, 0.5) is 0 Å². The lowest BCUT2D eigenvalue weighted by Gasteiger charge is -2.29. The first-order valence-electron chi connectivity index (χ1n) is 11.6. The van der Waals surface area contributed by atoms with Crippen molar-refractivity contribution in [2.75, 3.05) is 13.1 Å². The Labute approximate surface area is 199 Å². The van der Waals surface area contributed by atoms with Gasteiger partial charge in [0, 0.05) is 54.8 Å². The molecule has 0 saturated heterocycles. The van der Waals surface area contributed by atoms with E-state index in [9.17, 15) is 4.79 Å². The second-order valence-corrected chi connectivity index (χ2v) is 9.91. The van der Waals surface area contributed by atoms with Gasteiger partial charge in [-0.25, -0.2) is 9.97 Å². The molecule has 1 saturated carbocycles. The van der Waals surface area contributed by atoms with Gasteiger partial charge >= 0.3 is 5.97 Å². The molecule has 3 atom stereocenters. The van der Waals surface area contributed by atoms with Gasteiger partial charge in [-0.2, -0.15) is 0 Å². The van der Waals surface area contributed by atoms with E-state index >= 15 is 0 Å². The fraction of sp³-hybridized carbons (Fsp3) is 0.370. The standard InChI is InChI=1S/C27H28ClN3O2/c1-17(12-26(32)33)15-31-11-10-25-21(16-31)14-29-27(30-25)20-4-2-18(3-5-20)23-13-24(23)19-6-8-22(28)9-7-19/h2-9,14,17,23-24H,10-13,15-16H2,1H3,(H,32,33). The largest absolute Gasteiger partial charge is 0.481 e. The molecule has 6 heteroatoms. The number of carboxylic acids is 1. The van der Waals surface area contributed by atoms with Crippen molar-refractivity contribution in [3.8, 4) is 11.4 Å². The zero-order valence-corrected chi connectivity index (χ0v) is 19.5. The predicted molar refractivity (Wildman–Crippen MR) is 129 cm³/mol. The molecule has 2 heterocycles. The van der Waals surface area contributed by atoms with Gasteiger partial charge in [-0.15, -0.1) is 0 Å². The Balaban J connectivity index is 1.23. The second-order valence-electron chi connectivity index (χ2n) is 9.48. The predicted octanol–water partition coefficient (Wildman–Crippen LogP) is 5.54. The topological polar surface area (TPSA) is 66.3 Å². The third-order valence-electron chi connectivity index (χ3n) is 6.79. The van der Waals surface area contributed by atoms with Crippen LogP contribution in [0.15, 0.2) is 54.7 Å². The number of aliphatic carboxylic acids is 1. The molecule has 2 aliphatic rings. The van der Waals surface area contributed by atoms with E-state index in [4.69, 9.17) is 21.7 Å². The normalized spacial score (nSPS) is 20.8. The molecule has 0 spiro atoms. The summed E-state index contributed by atoms with van der Waals surface area (Å²) in [6, 6.07) is 16.9. The Hall–Kier alpha value is -2.76. The number of nitrogens with zero attached hydrogens (tertiary/aromatic N) is 3. The van der Waals surface area contributed by atoms with E-state index in [1.807, 2.05) is 25.3 Å². The SMILES string of the molecule is CC(CC(=O)O)CN1CCc2nc(-c3ccc(C4CC4c4ccc(Cl)cc4)cc3)ncc2C1. The number of hydrogen-bond acceptors (Lipinski definition) is 4. The fourth-order valence-corrected chi connectivity index (χ4v) is 5.12. The number of hydrogen-bond donors (Lipinski definition) is 1. The van der Waals surface area contributed by atoms with Crippen molar-refractivity contribution in [1.82, 2.24) is 14.9 Å². The lowest BCUT2D eigenvalue weighted by molar-refractivity contribution is -0.138. The fourth-order valence-electron chi connectivity index (χ4n) is 4.99. The van der Waals surface area contributed by atoms with Gasteiger partial charge in [0.25, 0.3) is 0 Å². The van der Waals surface area contributed by atoms with E-state index in [0.29, 0.717) is 11.8 Å². The quantitative estimate of drug-likeness (QED) is 0.500. The van der Waals surface area contributed by atoms with Crippen molar-refractivity contribution in [2.45, 2.75) is 44.6 Å². The van der Waals surface area contributed by atoms with Crippen LogP contribution in [0.25, 0.3) is 11.4 Å². The van der Waals surface area contributed by atoms with Crippen LogP contribution in [0.2, 0.25) is 5.02 Å². The highest BCUT2D eigenvalue weighted by molar-refractivity contribution is 6.30. The van der Waals surface area contributed by atoms with Crippen molar-refractivity contribution in [3.05, 3.63) is 82.1 Å². The molecule has 1 aliphatic heterocycles. The van der Waals surface area contributed by atoms with E-state index in [2.05, 4.69) is 46.3 Å². The van der Waals surface area contributed by atoms with Crippen LogP contribution in [0.5, 0.6) is 0 Å². The minimum absolute atomic E-state index is 0.133. The maximum atomic E-state index is 10.9. The molecule has 1 N–H and O–H groups in total. The van der Waals surface area contributed by atoms with Crippen LogP contribution in [-0.4, -0.2) is 39.0 Å². The molecule has 3 aromatic rings. The van der Waals surface area contributed by atoms with Crippen molar-refractivity contribution < 1.29 is 9.90 Å². The molecular weight excluding hydrogens is 434 g/mol. The lowest BCUT2D eigenvalue weighted by atomic mass is 10.0. The molecule has 1 fully saturated rings. The van der Waals surface area contributed by atoms with Crippen LogP contribution >= 0.6 is 11.6 Å². The summed E-state index contributed by atoms with van der Waals surface area (Å²) in [5, 5.41) is 9.78. The van der Waals surface area contributed by atoms with Crippen LogP contribution in [0, 0.1) is 5.92 Å². The van der Waals surface area contributed by atoms with Crippen molar-refractivity contribution in [1.29, 1.82) is 0 Å². The van der Waals surface area contributed by atoms with Crippen LogP contribution in [-0.2, 0) is 17.8 Å². The average Bonchev–Trinajstić information content (AvgIpc) is 3.60. The number of halogens is 1. The lowest BCUT2D eigenvalue weighted by Crippen LogP contribution is -2.35. The number of rotatable bonds is 7. The molecule has 3 unspecified atom stereocenters. The average molecular weight is 462 g/mol. The summed E-state index contributed by atoms with van der Waals surface area (Å²) < 4.78 is 0. The molecule has 1 aromatic heterocycles. The third kappa shape index (κ3) is 5.10. The highest BCUT2D eigenvalue weighted by Crippen LogP contribution is 2.54. The Morgan fingerprint density at radius 1 is 1.12 bits per heavy atom. The highest BCUT2D eigenvalue weighted by Gasteiger charge is 2.39. The molecule has 5 nitrogen and oxygen atoms in total. The molecular formula is C27H28ClN3O2. The van der Waals surface area contributed by atoms with Gasteiger partial charge < -0.3 is 5.11 Å². The summed E-state index contributed by atoms with van der Waals surface area (Å²) >= 11 is 6.02. The number of carbonyl (C=O) groups is 1. The molecule has 5 rings (SSSR count). The van der Waals surface area contributed by atoms with Crippen molar-refractivity contribution in [2.24, 2.45) is 5.92 Å². The smallest absolute Gasteiger partial charge is 0.303 e. The van der Waals surface area contributed by atoms with E-state index in [1.54, 1.807) is 0 Å². The first-order chi connectivity index (χ1) is 16.0. The van der Waals surface area contributed by atoms with E-state index in [1.165, 1.54) is 17.5 Å². The maximum absolute atomic E-state index is 10.9. The number of carboxylic acid groups (broad SMARTS) is 1. The molecule has 0 amide bonds. The summed E-state index contributed by atoms with van der Waals surface area (Å²) in [5.74, 6) is 1.32. The number of aromatic nitrogens is 2. The van der Waals surface area contributed by atoms with Crippen LogP contribution in [0.1, 0.15) is 54.0 Å². The van der Waals surface area contributed by atoms with E-state index in [0.717, 1.165) is 53.7 Å². The molecule has 0 bridgehead atoms. The second kappa shape index (κ2) is 9.24. The zero-order chi connectivity index (χ0) is 22.9. The minimum atomic E-state index is -0.735. The van der Waals surface area contributed by atoms with Crippen molar-refractivity contribution in [3.63, 3.8) is 0 Å². The number of benzene rings is 2. The van der Waals surface area contributed by atoms with Gasteiger partial charge in [0.2, 0.25) is 0 Å². The summed E-state index contributed by atoms with van der Waals surface area (Å²) in [6.45, 7) is 4.46. The first kappa shape index (κ1) is 22.1. The summed E-state index contributed by atoms with van der Waals surface area (Å²) in [5.41, 5.74) is 6.02. The van der Waals surface area contributed by atoms with Crippen LogP contribution in [0.3, 0.4) is 0 Å². The van der Waals surface area contributed by atoms with Gasteiger partial charge in [-0.1, -0.05) is 54.9 Å². The monoisotopic (exact) mass is 461 g/mol. The van der Waals surface area contributed by atoms with Gasteiger partial charge in [0.1, 0.15) is 0 Å². The minimum Gasteiger partial charge on any atom is -0.481 e. The van der Waals surface area contributed by atoms with Gasteiger partial charge in [0.05, 0.1) is 5.69 Å². The number of fused-ring (bicyclic) bond motifs is 1. The Kier molecular flexibility index (Phi) is 6.17. The molecule has 170 valence electrons. The molecule has 1 aliphatic carbocycles. The van der Waals surface area contributed by atoms with E-state index < -0.39 is 5.97 Å². The van der Waals surface area contributed by atoms with Gasteiger partial charge in [-0.3, -0.25) is 9.69 Å². The Morgan fingerprint density at radius 3 is 2.45 bits per heavy atom. The maximum Gasteiger partial charge on any atom is 0.303 e. The molecule has 2 aromatic carbocycles. The third-order valence-corrected chi connectivity index (χ3v) is 7.04. The molecule has 33 heavy (non-hydrogen) atoms. The van der Waals surface area contributed by atoms with E-state index in [-0.39, 0.29) is 12.3 Å². The Bertz CT molecular complexity index is 1150. The summed E-state index contributed by atoms with van der Waals surface area (Å²) in [7, 11) is 0. The zero-order valence-electron chi connectivity index (χ0n) is 18.7. The van der Waals surface area contributed by atoms with Crippen LogP contribution < -0.4 is 0 Å². The summed E-state index contributed by atoms with van der Waals surface area (Å²) in [4.78, 5) is 22.7. The van der Waals surface area contributed by atoms with Gasteiger partial charge in [0.15, 0.2) is 5.82 Å². The van der Waals surface area contributed by atoms with Crippen molar-refractivity contribution >= 4 is 17.6 Å². The Morgan fingerprint density at radius 2 is 1.79 bits per heavy atom. The summed E-state index contributed by atoms with van der Waals surface area (Å²) in [6.07, 6.45) is 4.19. The highest BCUT2D eigenvalue weighted by atomic mass is 35.5. The molecule has 0 radical (unpaired) electrons.